The molecule has 114 valence electrons. The minimum atomic E-state index is -0.147. The molecular weight excluding hydrogens is 284 g/mol. The molecule has 1 N–H and O–H groups in total. The molecule has 3 heteroatoms. The summed E-state index contributed by atoms with van der Waals surface area (Å²) in [4.78, 5) is 16.8. The highest BCUT2D eigenvalue weighted by atomic mass is 16.1. The standard InChI is InChI=1S/C20H18N2O/c1-14-7-6-10-18(15(14)2)22-20(23)17-11-12-19(21-13-17)16-8-4-3-5-9-16/h3-13H,1-2H3,(H,22,23). The van der Waals surface area contributed by atoms with Gasteiger partial charge >= 0.3 is 0 Å². The lowest BCUT2D eigenvalue weighted by Gasteiger charge is -2.10. The van der Waals surface area contributed by atoms with Gasteiger partial charge in [0.25, 0.3) is 5.91 Å². The van der Waals surface area contributed by atoms with Crippen molar-refractivity contribution in [1.82, 2.24) is 4.98 Å². The number of nitrogens with one attached hydrogen (secondary N) is 1. The van der Waals surface area contributed by atoms with Gasteiger partial charge in [-0.25, -0.2) is 0 Å². The van der Waals surface area contributed by atoms with Crippen molar-refractivity contribution in [2.75, 3.05) is 5.32 Å². The molecule has 23 heavy (non-hydrogen) atoms. The first-order valence-electron chi connectivity index (χ1n) is 7.54. The lowest BCUT2D eigenvalue weighted by molar-refractivity contribution is 0.102. The van der Waals surface area contributed by atoms with Crippen LogP contribution in [0.1, 0.15) is 21.5 Å². The molecule has 0 bridgehead atoms. The second-order valence-corrected chi connectivity index (χ2v) is 5.50. The second-order valence-electron chi connectivity index (χ2n) is 5.50. The van der Waals surface area contributed by atoms with E-state index in [1.165, 1.54) is 0 Å². The zero-order valence-corrected chi connectivity index (χ0v) is 13.2. The van der Waals surface area contributed by atoms with E-state index in [-0.39, 0.29) is 5.91 Å². The maximum atomic E-state index is 12.4. The Morgan fingerprint density at radius 3 is 2.39 bits per heavy atom. The number of carbonyl (C=O) groups excluding carboxylic acids is 1. The molecule has 3 rings (SSSR count). The summed E-state index contributed by atoms with van der Waals surface area (Å²) < 4.78 is 0. The number of benzene rings is 2. The zero-order valence-electron chi connectivity index (χ0n) is 13.2. The van der Waals surface area contributed by atoms with Crippen LogP contribution in [0.15, 0.2) is 66.9 Å². The number of carbonyl (C=O) groups is 1. The molecule has 1 aromatic heterocycles. The minimum absolute atomic E-state index is 0.147. The fourth-order valence-corrected chi connectivity index (χ4v) is 2.39. The Morgan fingerprint density at radius 2 is 1.70 bits per heavy atom. The predicted molar refractivity (Wildman–Crippen MR) is 93.5 cm³/mol. The first-order chi connectivity index (χ1) is 11.1. The van der Waals surface area contributed by atoms with E-state index in [4.69, 9.17) is 0 Å². The Bertz CT molecular complexity index is 824. The van der Waals surface area contributed by atoms with Crippen molar-refractivity contribution >= 4 is 11.6 Å². The SMILES string of the molecule is Cc1cccc(NC(=O)c2ccc(-c3ccccc3)nc2)c1C. The zero-order chi connectivity index (χ0) is 16.2. The molecule has 2 aromatic carbocycles. The number of hydrogen-bond acceptors (Lipinski definition) is 2. The minimum Gasteiger partial charge on any atom is -0.322 e. The molecule has 1 heterocycles. The van der Waals surface area contributed by atoms with Crippen molar-refractivity contribution in [3.63, 3.8) is 0 Å². The van der Waals surface area contributed by atoms with E-state index in [9.17, 15) is 4.79 Å². The van der Waals surface area contributed by atoms with E-state index in [2.05, 4.69) is 10.3 Å². The van der Waals surface area contributed by atoms with E-state index in [0.29, 0.717) is 5.56 Å². The summed E-state index contributed by atoms with van der Waals surface area (Å²) in [5.41, 5.74) is 5.51. The maximum absolute atomic E-state index is 12.4. The highest BCUT2D eigenvalue weighted by Gasteiger charge is 2.09. The molecule has 0 fully saturated rings. The Balaban J connectivity index is 1.79. The lowest BCUT2D eigenvalue weighted by atomic mass is 10.1. The van der Waals surface area contributed by atoms with Crippen LogP contribution in [0.5, 0.6) is 0 Å². The number of rotatable bonds is 3. The van der Waals surface area contributed by atoms with Crippen molar-refractivity contribution < 1.29 is 4.79 Å². The Hall–Kier alpha value is -2.94. The van der Waals surface area contributed by atoms with Gasteiger partial charge in [0.1, 0.15) is 0 Å². The molecule has 1 amide bonds. The number of hydrogen-bond donors (Lipinski definition) is 1. The van der Waals surface area contributed by atoms with Crippen molar-refractivity contribution in [3.8, 4) is 11.3 Å². The summed E-state index contributed by atoms with van der Waals surface area (Å²) in [5.74, 6) is -0.147. The molecule has 3 nitrogen and oxygen atoms in total. The Morgan fingerprint density at radius 1 is 0.913 bits per heavy atom. The van der Waals surface area contributed by atoms with Gasteiger partial charge in [0.15, 0.2) is 0 Å². The predicted octanol–water partition coefficient (Wildman–Crippen LogP) is 4.62. The summed E-state index contributed by atoms with van der Waals surface area (Å²) in [6, 6.07) is 19.5. The number of pyridine rings is 1. The van der Waals surface area contributed by atoms with Gasteiger partial charge in [-0.05, 0) is 43.2 Å². The van der Waals surface area contributed by atoms with Gasteiger partial charge in [0.05, 0.1) is 11.3 Å². The third kappa shape index (κ3) is 3.29. The van der Waals surface area contributed by atoms with E-state index < -0.39 is 0 Å². The van der Waals surface area contributed by atoms with E-state index in [1.807, 2.05) is 68.4 Å². The van der Waals surface area contributed by atoms with E-state index >= 15 is 0 Å². The topological polar surface area (TPSA) is 42.0 Å². The second kappa shape index (κ2) is 6.44. The average Bonchev–Trinajstić information content (AvgIpc) is 2.60. The molecule has 0 atom stereocenters. The van der Waals surface area contributed by atoms with Crippen LogP contribution in [0.4, 0.5) is 5.69 Å². The van der Waals surface area contributed by atoms with Crippen LogP contribution in [0, 0.1) is 13.8 Å². The number of aromatic nitrogens is 1. The molecule has 0 spiro atoms. The van der Waals surface area contributed by atoms with Crippen LogP contribution in [0.2, 0.25) is 0 Å². The van der Waals surface area contributed by atoms with Crippen LogP contribution in [0.3, 0.4) is 0 Å². The first kappa shape index (κ1) is 15.0. The van der Waals surface area contributed by atoms with Crippen LogP contribution in [0.25, 0.3) is 11.3 Å². The largest absolute Gasteiger partial charge is 0.322 e. The van der Waals surface area contributed by atoms with Crippen LogP contribution < -0.4 is 5.32 Å². The summed E-state index contributed by atoms with van der Waals surface area (Å²) in [6.45, 7) is 4.03. The smallest absolute Gasteiger partial charge is 0.257 e. The molecule has 0 aliphatic heterocycles. The van der Waals surface area contributed by atoms with Crippen molar-refractivity contribution in [3.05, 3.63) is 83.6 Å². The van der Waals surface area contributed by atoms with Crippen molar-refractivity contribution in [2.45, 2.75) is 13.8 Å². The summed E-state index contributed by atoms with van der Waals surface area (Å²) in [7, 11) is 0. The quantitative estimate of drug-likeness (QED) is 0.767. The third-order valence-corrected chi connectivity index (χ3v) is 3.95. The van der Waals surface area contributed by atoms with E-state index in [0.717, 1.165) is 28.1 Å². The molecule has 0 saturated heterocycles. The first-order valence-corrected chi connectivity index (χ1v) is 7.54. The fraction of sp³-hybridized carbons (Fsp3) is 0.100. The monoisotopic (exact) mass is 302 g/mol. The Kier molecular flexibility index (Phi) is 4.20. The third-order valence-electron chi connectivity index (χ3n) is 3.95. The van der Waals surface area contributed by atoms with Gasteiger partial charge < -0.3 is 5.32 Å². The van der Waals surface area contributed by atoms with Gasteiger partial charge in [0, 0.05) is 17.4 Å². The van der Waals surface area contributed by atoms with Crippen LogP contribution in [-0.2, 0) is 0 Å². The molecular formula is C20H18N2O. The fourth-order valence-electron chi connectivity index (χ4n) is 2.39. The molecule has 0 radical (unpaired) electrons. The van der Waals surface area contributed by atoms with Gasteiger partial charge in [-0.1, -0.05) is 42.5 Å². The summed E-state index contributed by atoms with van der Waals surface area (Å²) >= 11 is 0. The number of amides is 1. The molecule has 3 aromatic rings. The summed E-state index contributed by atoms with van der Waals surface area (Å²) in [5, 5.41) is 2.95. The number of aryl methyl sites for hydroxylation is 1. The maximum Gasteiger partial charge on any atom is 0.257 e. The van der Waals surface area contributed by atoms with Gasteiger partial charge in [-0.3, -0.25) is 9.78 Å². The van der Waals surface area contributed by atoms with Crippen molar-refractivity contribution in [2.24, 2.45) is 0 Å². The van der Waals surface area contributed by atoms with Crippen LogP contribution in [-0.4, -0.2) is 10.9 Å². The average molecular weight is 302 g/mol. The van der Waals surface area contributed by atoms with Gasteiger partial charge in [-0.15, -0.1) is 0 Å². The Labute approximate surface area is 136 Å². The highest BCUT2D eigenvalue weighted by molar-refractivity contribution is 6.04. The van der Waals surface area contributed by atoms with Gasteiger partial charge in [-0.2, -0.15) is 0 Å². The normalized spacial score (nSPS) is 10.3. The lowest BCUT2D eigenvalue weighted by Crippen LogP contribution is -2.13. The van der Waals surface area contributed by atoms with E-state index in [1.54, 1.807) is 12.3 Å². The van der Waals surface area contributed by atoms with Crippen molar-refractivity contribution in [1.29, 1.82) is 0 Å². The molecule has 0 saturated carbocycles. The molecule has 0 aliphatic rings. The molecule has 0 unspecified atom stereocenters. The molecule has 0 aliphatic carbocycles. The van der Waals surface area contributed by atoms with Crippen LogP contribution >= 0.6 is 0 Å². The number of anilines is 1. The summed E-state index contributed by atoms with van der Waals surface area (Å²) in [6.07, 6.45) is 1.61. The highest BCUT2D eigenvalue weighted by Crippen LogP contribution is 2.20. The number of nitrogens with zero attached hydrogens (tertiary/aromatic N) is 1. The van der Waals surface area contributed by atoms with Gasteiger partial charge in [0.2, 0.25) is 0 Å².